The van der Waals surface area contributed by atoms with E-state index in [2.05, 4.69) is 6.92 Å². The number of rotatable bonds is 3. The van der Waals surface area contributed by atoms with Crippen molar-refractivity contribution in [1.82, 2.24) is 0 Å². The Balaban J connectivity index is 2.55. The molecule has 2 rings (SSSR count). The summed E-state index contributed by atoms with van der Waals surface area (Å²) in [5, 5.41) is 10.2. The first kappa shape index (κ1) is 15.5. The summed E-state index contributed by atoms with van der Waals surface area (Å²) in [6.45, 7) is 5.28. The molecule has 2 heterocycles. The lowest BCUT2D eigenvalue weighted by Gasteiger charge is -2.31. The van der Waals surface area contributed by atoms with Crippen LogP contribution in [-0.2, 0) is 9.84 Å². The lowest BCUT2D eigenvalue weighted by Crippen LogP contribution is -2.36. The molecule has 0 bridgehead atoms. The lowest BCUT2D eigenvalue weighted by molar-refractivity contribution is 0.597. The Morgan fingerprint density at radius 3 is 2.80 bits per heavy atom. The molecule has 2 N–H and O–H groups in total. The molecule has 0 radical (unpaired) electrons. The van der Waals surface area contributed by atoms with Gasteiger partial charge in [0.25, 0.3) is 0 Å². The summed E-state index contributed by atoms with van der Waals surface area (Å²) in [6.07, 6.45) is 0. The van der Waals surface area contributed by atoms with Crippen molar-refractivity contribution in [1.29, 1.82) is 5.26 Å². The summed E-state index contributed by atoms with van der Waals surface area (Å²) in [4.78, 5) is 2.49. The van der Waals surface area contributed by atoms with Gasteiger partial charge in [0.1, 0.15) is 20.8 Å². The van der Waals surface area contributed by atoms with Crippen molar-refractivity contribution in [2.24, 2.45) is 0 Å². The third-order valence-corrected chi connectivity index (χ3v) is 7.44. The van der Waals surface area contributed by atoms with Crippen LogP contribution in [0.15, 0.2) is 4.90 Å². The average Bonchev–Trinajstić information content (AvgIpc) is 2.76. The molecule has 1 aromatic heterocycles. The largest absolute Gasteiger partial charge is 0.396 e. The predicted molar refractivity (Wildman–Crippen MR) is 85.3 cm³/mol. The van der Waals surface area contributed by atoms with Crippen LogP contribution in [0.2, 0.25) is 0 Å². The highest BCUT2D eigenvalue weighted by Crippen LogP contribution is 2.42. The minimum absolute atomic E-state index is 0.00997. The maximum atomic E-state index is 12.3. The normalized spacial score (nSPS) is 19.9. The zero-order valence-electron chi connectivity index (χ0n) is 11.4. The molecular weight excluding hydrogens is 314 g/mol. The number of thiophene rings is 1. The molecule has 0 saturated carbocycles. The fourth-order valence-corrected chi connectivity index (χ4v) is 5.81. The van der Waals surface area contributed by atoms with E-state index in [9.17, 15) is 8.42 Å². The summed E-state index contributed by atoms with van der Waals surface area (Å²) in [5.41, 5.74) is 6.01. The molecular formula is C12H17N3O2S3. The first-order chi connectivity index (χ1) is 9.40. The number of nitriles is 1. The highest BCUT2D eigenvalue weighted by molar-refractivity contribution is 8.00. The van der Waals surface area contributed by atoms with E-state index < -0.39 is 9.84 Å². The molecule has 1 aromatic rings. The molecule has 1 aliphatic rings. The first-order valence-corrected chi connectivity index (χ1v) is 9.84. The van der Waals surface area contributed by atoms with Gasteiger partial charge in [0.2, 0.25) is 0 Å². The zero-order chi connectivity index (χ0) is 14.9. The van der Waals surface area contributed by atoms with Crippen molar-refractivity contribution in [2.45, 2.75) is 24.0 Å². The molecule has 0 aromatic carbocycles. The smallest absolute Gasteiger partial charge is 0.183 e. The van der Waals surface area contributed by atoms with Crippen molar-refractivity contribution in [2.75, 3.05) is 35.2 Å². The van der Waals surface area contributed by atoms with Crippen LogP contribution in [0.25, 0.3) is 0 Å². The maximum Gasteiger partial charge on any atom is 0.183 e. The standard InChI is InChI=1S/C12H17N3O2S3/c1-3-20(16,17)11-10(14)9(6-13)19-12(11)15-4-5-18-8(2)7-15/h8H,3-5,7,14H2,1-2H3. The fourth-order valence-electron chi connectivity index (χ4n) is 2.16. The van der Waals surface area contributed by atoms with E-state index in [-0.39, 0.29) is 21.2 Å². The Morgan fingerprint density at radius 2 is 2.25 bits per heavy atom. The first-order valence-electron chi connectivity index (χ1n) is 6.32. The third-order valence-electron chi connectivity index (χ3n) is 3.20. The van der Waals surface area contributed by atoms with E-state index >= 15 is 0 Å². The van der Waals surface area contributed by atoms with Gasteiger partial charge < -0.3 is 10.6 Å². The number of hydrogen-bond donors (Lipinski definition) is 1. The third kappa shape index (κ3) is 2.75. The second-order valence-electron chi connectivity index (χ2n) is 4.62. The minimum atomic E-state index is -3.43. The monoisotopic (exact) mass is 331 g/mol. The number of nitrogens with two attached hydrogens (primary N) is 1. The summed E-state index contributed by atoms with van der Waals surface area (Å²) in [7, 11) is -3.43. The van der Waals surface area contributed by atoms with Gasteiger partial charge in [-0.3, -0.25) is 0 Å². The topological polar surface area (TPSA) is 87.2 Å². The quantitative estimate of drug-likeness (QED) is 0.911. The summed E-state index contributed by atoms with van der Waals surface area (Å²) in [5.74, 6) is 0.941. The van der Waals surface area contributed by atoms with Crippen LogP contribution in [-0.4, -0.2) is 38.3 Å². The molecule has 1 saturated heterocycles. The Kier molecular flexibility index (Phi) is 4.52. The number of thioether (sulfide) groups is 1. The van der Waals surface area contributed by atoms with Gasteiger partial charge in [-0.25, -0.2) is 8.42 Å². The predicted octanol–water partition coefficient (Wildman–Crippen LogP) is 1.94. The number of sulfone groups is 1. The van der Waals surface area contributed by atoms with Crippen LogP contribution in [0.3, 0.4) is 0 Å². The van der Waals surface area contributed by atoms with Gasteiger partial charge >= 0.3 is 0 Å². The van der Waals surface area contributed by atoms with Gasteiger partial charge in [0.15, 0.2) is 9.84 Å². The second kappa shape index (κ2) is 5.84. The highest BCUT2D eigenvalue weighted by Gasteiger charge is 2.30. The number of anilines is 2. The van der Waals surface area contributed by atoms with Crippen LogP contribution in [0.5, 0.6) is 0 Å². The SMILES string of the molecule is CCS(=O)(=O)c1c(N2CCSC(C)C2)sc(C#N)c1N. The van der Waals surface area contributed by atoms with Crippen molar-refractivity contribution < 1.29 is 8.42 Å². The van der Waals surface area contributed by atoms with Gasteiger partial charge in [0.05, 0.1) is 11.4 Å². The van der Waals surface area contributed by atoms with Gasteiger partial charge in [-0.05, 0) is 0 Å². The Morgan fingerprint density at radius 1 is 1.55 bits per heavy atom. The van der Waals surface area contributed by atoms with Crippen LogP contribution < -0.4 is 10.6 Å². The van der Waals surface area contributed by atoms with E-state index in [0.29, 0.717) is 10.3 Å². The van der Waals surface area contributed by atoms with Gasteiger partial charge in [-0.2, -0.15) is 17.0 Å². The Bertz CT molecular complexity index is 646. The molecule has 8 heteroatoms. The average molecular weight is 331 g/mol. The van der Waals surface area contributed by atoms with Crippen LogP contribution in [0, 0.1) is 11.3 Å². The molecule has 1 atom stereocenters. The Labute approximate surface area is 127 Å². The molecule has 110 valence electrons. The summed E-state index contributed by atoms with van der Waals surface area (Å²) < 4.78 is 24.6. The van der Waals surface area contributed by atoms with E-state index in [4.69, 9.17) is 11.0 Å². The highest BCUT2D eigenvalue weighted by atomic mass is 32.2. The Hall–Kier alpha value is -0.910. The van der Waals surface area contributed by atoms with E-state index in [1.165, 1.54) is 11.3 Å². The van der Waals surface area contributed by atoms with Gasteiger partial charge in [-0.1, -0.05) is 13.8 Å². The molecule has 0 aliphatic carbocycles. The molecule has 0 amide bonds. The molecule has 5 nitrogen and oxygen atoms in total. The molecule has 1 aliphatic heterocycles. The van der Waals surface area contributed by atoms with Crippen LogP contribution in [0.1, 0.15) is 18.7 Å². The van der Waals surface area contributed by atoms with Gasteiger partial charge in [0, 0.05) is 24.1 Å². The fraction of sp³-hybridized carbons (Fsp3) is 0.583. The van der Waals surface area contributed by atoms with Gasteiger partial charge in [-0.15, -0.1) is 11.3 Å². The second-order valence-corrected chi connectivity index (χ2v) is 9.38. The minimum Gasteiger partial charge on any atom is -0.396 e. The molecule has 0 spiro atoms. The number of nitrogens with zero attached hydrogens (tertiary/aromatic N) is 2. The summed E-state index contributed by atoms with van der Waals surface area (Å²) in [6, 6.07) is 2.00. The van der Waals surface area contributed by atoms with Crippen molar-refractivity contribution in [3.8, 4) is 6.07 Å². The summed E-state index contributed by atoms with van der Waals surface area (Å²) >= 11 is 3.06. The molecule has 1 fully saturated rings. The molecule has 1 unspecified atom stereocenters. The van der Waals surface area contributed by atoms with E-state index in [0.717, 1.165) is 18.8 Å². The molecule has 20 heavy (non-hydrogen) atoms. The van der Waals surface area contributed by atoms with Crippen molar-refractivity contribution in [3.05, 3.63) is 4.88 Å². The van der Waals surface area contributed by atoms with Crippen LogP contribution >= 0.6 is 23.1 Å². The zero-order valence-corrected chi connectivity index (χ0v) is 13.9. The van der Waals surface area contributed by atoms with Crippen LogP contribution in [0.4, 0.5) is 10.7 Å². The van der Waals surface area contributed by atoms with Crippen molar-refractivity contribution >= 4 is 43.6 Å². The maximum absolute atomic E-state index is 12.3. The number of hydrogen-bond acceptors (Lipinski definition) is 7. The van der Waals surface area contributed by atoms with E-state index in [1.54, 1.807) is 6.92 Å². The number of nitrogen functional groups attached to an aromatic ring is 1. The van der Waals surface area contributed by atoms with E-state index in [1.807, 2.05) is 22.7 Å². The van der Waals surface area contributed by atoms with Crippen molar-refractivity contribution in [3.63, 3.8) is 0 Å². The lowest BCUT2D eigenvalue weighted by atomic mass is 10.3.